The van der Waals surface area contributed by atoms with Crippen molar-refractivity contribution in [3.63, 3.8) is 0 Å². The van der Waals surface area contributed by atoms with Gasteiger partial charge >= 0.3 is 6.09 Å². The van der Waals surface area contributed by atoms with E-state index in [0.29, 0.717) is 41.9 Å². The summed E-state index contributed by atoms with van der Waals surface area (Å²) < 4.78 is 6.45. The normalized spacial score (nSPS) is 24.1. The zero-order valence-electron chi connectivity index (χ0n) is 26.7. The van der Waals surface area contributed by atoms with Gasteiger partial charge in [-0.05, 0) is 79.9 Å². The molecule has 0 spiro atoms. The van der Waals surface area contributed by atoms with E-state index in [-0.39, 0.29) is 41.6 Å². The lowest BCUT2D eigenvalue weighted by molar-refractivity contribution is -0.127. The topological polar surface area (TPSA) is 148 Å². The number of carbonyl (C=O) groups is 4. The third kappa shape index (κ3) is 6.15. The second-order valence-corrected chi connectivity index (χ2v) is 13.9. The molecule has 4 fully saturated rings. The van der Waals surface area contributed by atoms with Crippen LogP contribution in [0.4, 0.5) is 10.6 Å². The maximum absolute atomic E-state index is 14.0. The van der Waals surface area contributed by atoms with Crippen LogP contribution in [0.3, 0.4) is 0 Å². The Balaban J connectivity index is 1.23. The Morgan fingerprint density at radius 1 is 1.02 bits per heavy atom. The standard InChI is InChI=1S/C33H45N7O5/c1-20(21-8-9-21)36-30(43)33(15-17-40(19-33)31(44)45-4)23-10-11-25(34-18-23)37-29(42)27(38-28(41)24-12-16-35-39(24)3)26(22-6-5-7-22)32(2)13-14-32/h10-12,16,18,20-22,26-27H,5-9,13-15,17,19H2,1-4H3,(H,36,43)(H,38,41)(H,34,37,42)/t20?,26?,27-,33?/m0/s1. The number of ether oxygens (including phenoxy) is 1. The Labute approximate surface area is 264 Å². The van der Waals surface area contributed by atoms with Crippen LogP contribution < -0.4 is 16.0 Å². The van der Waals surface area contributed by atoms with Crippen molar-refractivity contribution in [2.75, 3.05) is 25.5 Å². The fraction of sp³-hybridized carbons (Fsp3) is 0.636. The molecule has 4 amide bonds. The summed E-state index contributed by atoms with van der Waals surface area (Å²) in [6.45, 7) is 4.80. The Morgan fingerprint density at radius 3 is 2.33 bits per heavy atom. The van der Waals surface area contributed by atoms with Crippen LogP contribution in [0.1, 0.15) is 81.3 Å². The lowest BCUT2D eigenvalue weighted by Gasteiger charge is -2.42. The van der Waals surface area contributed by atoms with Gasteiger partial charge in [-0.1, -0.05) is 32.3 Å². The van der Waals surface area contributed by atoms with Gasteiger partial charge in [0, 0.05) is 38.6 Å². The molecule has 242 valence electrons. The van der Waals surface area contributed by atoms with Gasteiger partial charge in [-0.2, -0.15) is 5.10 Å². The van der Waals surface area contributed by atoms with Gasteiger partial charge in [0.05, 0.1) is 12.5 Å². The van der Waals surface area contributed by atoms with Gasteiger partial charge in [0.2, 0.25) is 11.8 Å². The molecule has 45 heavy (non-hydrogen) atoms. The number of pyridine rings is 1. The average molecular weight is 620 g/mol. The van der Waals surface area contributed by atoms with Crippen molar-refractivity contribution >= 4 is 29.6 Å². The summed E-state index contributed by atoms with van der Waals surface area (Å²) in [5.41, 5.74) is 0.0738. The third-order valence-electron chi connectivity index (χ3n) is 10.9. The van der Waals surface area contributed by atoms with Gasteiger partial charge < -0.3 is 25.6 Å². The zero-order chi connectivity index (χ0) is 31.9. The third-order valence-corrected chi connectivity index (χ3v) is 10.9. The Kier molecular flexibility index (Phi) is 8.34. The summed E-state index contributed by atoms with van der Waals surface area (Å²) in [6, 6.07) is 4.45. The lowest BCUT2D eigenvalue weighted by Crippen LogP contribution is -2.54. The van der Waals surface area contributed by atoms with Crippen LogP contribution in [0.25, 0.3) is 0 Å². The first-order chi connectivity index (χ1) is 21.5. The first-order valence-electron chi connectivity index (χ1n) is 16.2. The molecule has 3 saturated carbocycles. The van der Waals surface area contributed by atoms with Gasteiger partial charge in [-0.15, -0.1) is 0 Å². The van der Waals surface area contributed by atoms with E-state index in [4.69, 9.17) is 4.74 Å². The molecule has 1 saturated heterocycles. The number of aromatic nitrogens is 3. The average Bonchev–Trinajstić information content (AvgIpc) is 3.90. The number of hydrogen-bond donors (Lipinski definition) is 3. The summed E-state index contributed by atoms with van der Waals surface area (Å²) >= 11 is 0. The number of likely N-dealkylation sites (tertiary alicyclic amines) is 1. The number of nitrogens with one attached hydrogen (secondary N) is 3. The highest BCUT2D eigenvalue weighted by atomic mass is 16.5. The minimum absolute atomic E-state index is 0.00451. The summed E-state index contributed by atoms with van der Waals surface area (Å²) in [5, 5.41) is 13.3. The van der Waals surface area contributed by atoms with E-state index in [1.807, 2.05) is 6.92 Å². The predicted molar refractivity (Wildman–Crippen MR) is 166 cm³/mol. The van der Waals surface area contributed by atoms with Crippen LogP contribution in [0.2, 0.25) is 0 Å². The lowest BCUT2D eigenvalue weighted by atomic mass is 9.66. The van der Waals surface area contributed by atoms with Crippen molar-refractivity contribution in [2.45, 2.75) is 82.7 Å². The van der Waals surface area contributed by atoms with Crippen LogP contribution in [-0.2, 0) is 26.8 Å². The Morgan fingerprint density at radius 2 is 1.78 bits per heavy atom. The van der Waals surface area contributed by atoms with Crippen molar-refractivity contribution in [2.24, 2.45) is 30.2 Å². The molecule has 2 aromatic rings. The molecule has 3 heterocycles. The molecule has 3 unspecified atom stereocenters. The number of aryl methyl sites for hydroxylation is 1. The van der Waals surface area contributed by atoms with Crippen LogP contribution in [-0.4, -0.2) is 75.8 Å². The molecule has 12 nitrogen and oxygen atoms in total. The fourth-order valence-corrected chi connectivity index (χ4v) is 7.36. The van der Waals surface area contributed by atoms with Crippen LogP contribution in [0.15, 0.2) is 30.6 Å². The molecular formula is C33H45N7O5. The minimum Gasteiger partial charge on any atom is -0.453 e. The number of methoxy groups -OCH3 is 1. The molecule has 4 atom stereocenters. The highest BCUT2D eigenvalue weighted by Crippen LogP contribution is 2.58. The van der Waals surface area contributed by atoms with Crippen LogP contribution >= 0.6 is 0 Å². The minimum atomic E-state index is -0.984. The quantitative estimate of drug-likeness (QED) is 0.349. The Hall–Kier alpha value is -3.96. The maximum Gasteiger partial charge on any atom is 0.409 e. The van der Waals surface area contributed by atoms with Crippen molar-refractivity contribution in [1.82, 2.24) is 30.3 Å². The SMILES string of the molecule is COC(=O)N1CCC(C(=O)NC(C)C2CC2)(c2ccc(NC(=O)[C@@H](NC(=O)c3ccnn3C)C(C3CCC3)C3(C)CC3)nc2)C1. The second kappa shape index (κ2) is 12.1. The molecule has 0 bridgehead atoms. The Bertz CT molecular complexity index is 1450. The van der Waals surface area contributed by atoms with Crippen molar-refractivity contribution in [3.8, 4) is 0 Å². The molecule has 3 N–H and O–H groups in total. The van der Waals surface area contributed by atoms with E-state index in [1.165, 1.54) is 11.8 Å². The van der Waals surface area contributed by atoms with E-state index < -0.39 is 17.6 Å². The van der Waals surface area contributed by atoms with Crippen LogP contribution in [0, 0.1) is 23.2 Å². The molecule has 0 aromatic carbocycles. The summed E-state index contributed by atoms with van der Waals surface area (Å²) in [4.78, 5) is 59.6. The molecule has 0 radical (unpaired) electrons. The number of carbonyl (C=O) groups excluding carboxylic acids is 4. The van der Waals surface area contributed by atoms with Gasteiger partial charge in [-0.25, -0.2) is 9.78 Å². The molecule has 2 aromatic heterocycles. The largest absolute Gasteiger partial charge is 0.453 e. The smallest absolute Gasteiger partial charge is 0.409 e. The van der Waals surface area contributed by atoms with Crippen molar-refractivity contribution in [3.05, 3.63) is 41.9 Å². The molecule has 3 aliphatic carbocycles. The number of rotatable bonds is 11. The summed E-state index contributed by atoms with van der Waals surface area (Å²) in [7, 11) is 3.04. The highest BCUT2D eigenvalue weighted by molar-refractivity contribution is 6.00. The zero-order valence-corrected chi connectivity index (χ0v) is 26.7. The molecular weight excluding hydrogens is 574 g/mol. The van der Waals surface area contributed by atoms with E-state index >= 15 is 0 Å². The van der Waals surface area contributed by atoms with E-state index in [1.54, 1.807) is 42.5 Å². The summed E-state index contributed by atoms with van der Waals surface area (Å²) in [6.07, 6.45) is 10.6. The van der Waals surface area contributed by atoms with E-state index in [9.17, 15) is 19.2 Å². The van der Waals surface area contributed by atoms with Gasteiger partial charge in [0.15, 0.2) is 0 Å². The first-order valence-corrected chi connectivity index (χ1v) is 16.2. The maximum atomic E-state index is 14.0. The van der Waals surface area contributed by atoms with Crippen molar-refractivity contribution in [1.29, 1.82) is 0 Å². The number of amides is 4. The van der Waals surface area contributed by atoms with Crippen molar-refractivity contribution < 1.29 is 23.9 Å². The predicted octanol–water partition coefficient (Wildman–Crippen LogP) is 3.39. The molecule has 4 aliphatic rings. The highest BCUT2D eigenvalue weighted by Gasteiger charge is 2.54. The monoisotopic (exact) mass is 619 g/mol. The van der Waals surface area contributed by atoms with Gasteiger partial charge in [-0.3, -0.25) is 19.1 Å². The number of hydrogen-bond acceptors (Lipinski definition) is 7. The second-order valence-electron chi connectivity index (χ2n) is 13.9. The summed E-state index contributed by atoms with van der Waals surface area (Å²) in [5.74, 6) is 0.411. The molecule has 12 heteroatoms. The number of anilines is 1. The van der Waals surface area contributed by atoms with Gasteiger partial charge in [0.1, 0.15) is 17.6 Å². The molecule has 1 aliphatic heterocycles. The molecule has 6 rings (SSSR count). The number of nitrogens with zero attached hydrogens (tertiary/aromatic N) is 4. The van der Waals surface area contributed by atoms with Gasteiger partial charge in [0.25, 0.3) is 5.91 Å². The van der Waals surface area contributed by atoms with E-state index in [2.05, 4.69) is 33.0 Å². The first kappa shape index (κ1) is 31.0. The van der Waals surface area contributed by atoms with Crippen LogP contribution in [0.5, 0.6) is 0 Å². The van der Waals surface area contributed by atoms with E-state index in [0.717, 1.165) is 44.9 Å². The fourth-order valence-electron chi connectivity index (χ4n) is 7.36.